The average molecular weight is 1170 g/mol. The molecule has 0 radical (unpaired) electrons. The molecule has 1 unspecified atom stereocenters. The van der Waals surface area contributed by atoms with Gasteiger partial charge in [-0.1, -0.05) is 60.1 Å². The first-order valence-corrected chi connectivity index (χ1v) is 29.1. The lowest BCUT2D eigenvalue weighted by Crippen LogP contribution is -2.29. The van der Waals surface area contributed by atoms with E-state index >= 15 is 4.39 Å². The summed E-state index contributed by atoms with van der Waals surface area (Å²) in [7, 11) is 3.48. The number of ether oxygens (including phenoxy) is 4. The molecular weight excluding hydrogens is 1110 g/mol. The fourth-order valence-electron chi connectivity index (χ4n) is 11.3. The molecule has 6 aromatic carbocycles. The maximum Gasteiger partial charge on any atom is 0.337 e. The van der Waals surface area contributed by atoms with E-state index in [1.165, 1.54) is 28.7 Å². The van der Waals surface area contributed by atoms with Crippen LogP contribution >= 0.6 is 34.3 Å². The topological polar surface area (TPSA) is 168 Å². The summed E-state index contributed by atoms with van der Waals surface area (Å²) in [5.74, 6) is -2.33. The van der Waals surface area contributed by atoms with Crippen molar-refractivity contribution in [1.29, 1.82) is 0 Å². The molecule has 0 saturated heterocycles. The molecule has 5 heterocycles. The molecule has 0 saturated carbocycles. The molecule has 1 aliphatic rings. The molecule has 4 aromatic heterocycles. The van der Waals surface area contributed by atoms with Crippen molar-refractivity contribution < 1.29 is 43.1 Å². The molecule has 0 aliphatic carbocycles. The van der Waals surface area contributed by atoms with E-state index in [-0.39, 0.29) is 5.75 Å². The van der Waals surface area contributed by atoms with Gasteiger partial charge in [0, 0.05) is 86.3 Å². The summed E-state index contributed by atoms with van der Waals surface area (Å²) in [6, 6.07) is 28.3. The number of thiazole rings is 2. The van der Waals surface area contributed by atoms with E-state index in [1.807, 2.05) is 115 Å². The fourth-order valence-corrected chi connectivity index (χ4v) is 13.7. The number of aliphatic carboxylic acids is 2. The smallest absolute Gasteiger partial charge is 0.337 e. The van der Waals surface area contributed by atoms with Gasteiger partial charge < -0.3 is 29.2 Å². The van der Waals surface area contributed by atoms with Crippen molar-refractivity contribution in [2.75, 3.05) is 7.11 Å². The zero-order valence-corrected chi connectivity index (χ0v) is 50.2. The van der Waals surface area contributed by atoms with Gasteiger partial charge in [-0.2, -0.15) is 5.10 Å². The third kappa shape index (κ3) is 11.0. The number of hydrogen-bond donors (Lipinski definition) is 2. The van der Waals surface area contributed by atoms with Crippen molar-refractivity contribution in [3.63, 3.8) is 0 Å². The Hall–Kier alpha value is -7.86. The number of hydrogen-bond acceptors (Lipinski definition) is 12. The van der Waals surface area contributed by atoms with Crippen LogP contribution in [0.1, 0.15) is 105 Å². The molecule has 11 rings (SSSR count). The molecule has 1 aliphatic heterocycles. The van der Waals surface area contributed by atoms with Gasteiger partial charge in [-0.15, -0.1) is 22.7 Å². The summed E-state index contributed by atoms with van der Waals surface area (Å²) in [6.07, 6.45) is 4.16. The Bertz CT molecular complexity index is 4210. The van der Waals surface area contributed by atoms with Crippen molar-refractivity contribution in [2.24, 2.45) is 7.05 Å². The van der Waals surface area contributed by atoms with Gasteiger partial charge >= 0.3 is 11.9 Å². The molecule has 83 heavy (non-hydrogen) atoms. The van der Waals surface area contributed by atoms with Gasteiger partial charge in [0.05, 0.1) is 44.9 Å². The van der Waals surface area contributed by atoms with Crippen molar-refractivity contribution in [2.45, 2.75) is 105 Å². The number of pyridine rings is 1. The lowest BCUT2D eigenvalue weighted by molar-refractivity contribution is -0.161. The fraction of sp³-hybridized carbons (Fsp3) is 0.273. The number of methoxy groups -OCH3 is 1. The number of nitrogens with zero attached hydrogens (tertiary/aromatic N) is 5. The van der Waals surface area contributed by atoms with E-state index in [0.29, 0.717) is 115 Å². The van der Waals surface area contributed by atoms with Gasteiger partial charge in [0.2, 0.25) is 0 Å². The quantitative estimate of drug-likeness (QED) is 0.106. The van der Waals surface area contributed by atoms with Gasteiger partial charge in [-0.3, -0.25) is 9.67 Å². The number of aryl methyl sites for hydroxylation is 2. The van der Waals surface area contributed by atoms with Crippen LogP contribution in [-0.4, -0.2) is 65.2 Å². The molecule has 0 fully saturated rings. The van der Waals surface area contributed by atoms with Crippen LogP contribution in [0.5, 0.6) is 11.5 Å². The van der Waals surface area contributed by atoms with Crippen LogP contribution in [-0.2, 0) is 32.5 Å². The summed E-state index contributed by atoms with van der Waals surface area (Å²) in [5.41, 5.74) is 10.9. The molecule has 424 valence electrons. The predicted octanol–water partition coefficient (Wildman–Crippen LogP) is 16.7. The third-order valence-corrected chi connectivity index (χ3v) is 17.4. The first-order valence-electron chi connectivity index (χ1n) is 27.1. The van der Waals surface area contributed by atoms with E-state index in [9.17, 15) is 19.8 Å². The van der Waals surface area contributed by atoms with Gasteiger partial charge in [0.1, 0.15) is 21.9 Å². The Morgan fingerprint density at radius 1 is 0.735 bits per heavy atom. The summed E-state index contributed by atoms with van der Waals surface area (Å²) < 4.78 is 46.6. The van der Waals surface area contributed by atoms with Crippen LogP contribution in [0.3, 0.4) is 0 Å². The molecule has 2 N–H and O–H groups in total. The van der Waals surface area contributed by atoms with Crippen LogP contribution in [0.15, 0.2) is 116 Å². The minimum absolute atomic E-state index is 0.0394. The number of carboxylic acid groups (broad SMARTS) is 2. The summed E-state index contributed by atoms with van der Waals surface area (Å²) >= 11 is 9.32. The lowest BCUT2D eigenvalue weighted by Gasteiger charge is -2.33. The Morgan fingerprint density at radius 3 is 2.00 bits per heavy atom. The van der Waals surface area contributed by atoms with E-state index in [2.05, 4.69) is 16.1 Å². The SMILES string of the molecule is COc1ccncc1-c1cccc(-c2nc3cc(C)c([C@H](OC(C)(C)C)C(=O)O)c(-c4cc(F)c5c(c4C)CCC(c4c(C)c([C@H](OC(C)(C)C)C(=O)O)c(-c6ccc(Cl)cc6)c6sc(-c7cccc(-c8cnn(C)c8)c7)nc46)O5)c3s2)c1. The summed E-state index contributed by atoms with van der Waals surface area (Å²) in [4.78, 5) is 42.2. The van der Waals surface area contributed by atoms with Crippen LogP contribution in [0, 0.1) is 26.6 Å². The molecule has 17 heteroatoms. The standard InChI is InChI=1S/C66H61ClFN5O8S2/c1-33-26-47-59(82-61(71-47)40-17-13-15-38(28-40)45-31-69-25-24-48(45)78-11)54(50(33)57(63(74)75)80-65(4,5)6)44-29-46(68)56-43(34(44)2)22-23-49(79-56)51-35(3)52(58(64(76)77)81-66(7,8)9)53(36-18-20-42(67)21-19-36)60-55(51)72-62(83-60)39-16-12-14-37(27-39)41-30-70-73(10)32-41/h12-21,24-32,49,57-58H,22-23H2,1-11H3,(H,74,75)(H,76,77)/t49?,57-,58-/m0/s1. The van der Waals surface area contributed by atoms with Gasteiger partial charge in [-0.05, 0) is 157 Å². The van der Waals surface area contributed by atoms with Crippen LogP contribution in [0.4, 0.5) is 4.39 Å². The molecule has 3 atom stereocenters. The molecule has 0 amide bonds. The lowest BCUT2D eigenvalue weighted by atomic mass is 9.83. The molecule has 10 aromatic rings. The Labute approximate surface area is 493 Å². The van der Waals surface area contributed by atoms with Crippen molar-refractivity contribution >= 4 is 66.6 Å². The number of fused-ring (bicyclic) bond motifs is 3. The maximum atomic E-state index is 17.9. The molecule has 0 spiro atoms. The van der Waals surface area contributed by atoms with Crippen LogP contribution in [0.2, 0.25) is 5.02 Å². The average Bonchev–Trinajstić information content (AvgIpc) is 2.43. The minimum Gasteiger partial charge on any atom is -0.496 e. The largest absolute Gasteiger partial charge is 0.496 e. The zero-order valence-electron chi connectivity index (χ0n) is 47.8. The second kappa shape index (κ2) is 22.0. The molecule has 13 nitrogen and oxygen atoms in total. The normalized spacial score (nSPS) is 14.4. The second-order valence-electron chi connectivity index (χ2n) is 22.9. The first-order chi connectivity index (χ1) is 39.5. The Morgan fingerprint density at radius 2 is 1.36 bits per heavy atom. The maximum absolute atomic E-state index is 17.9. The highest BCUT2D eigenvalue weighted by molar-refractivity contribution is 7.22. The monoisotopic (exact) mass is 1170 g/mol. The van der Waals surface area contributed by atoms with Crippen LogP contribution in [0.25, 0.3) is 86.1 Å². The number of rotatable bonds is 14. The second-order valence-corrected chi connectivity index (χ2v) is 25.3. The Kier molecular flexibility index (Phi) is 15.1. The van der Waals surface area contributed by atoms with E-state index in [1.54, 1.807) is 69.4 Å². The number of aromatic nitrogens is 5. The number of carbonyl (C=O) groups is 2. The Balaban J connectivity index is 1.10. The zero-order chi connectivity index (χ0) is 59.0. The van der Waals surface area contributed by atoms with Crippen molar-refractivity contribution in [1.82, 2.24) is 24.7 Å². The molecule has 0 bridgehead atoms. The van der Waals surface area contributed by atoms with Crippen molar-refractivity contribution in [3.05, 3.63) is 166 Å². The highest BCUT2D eigenvalue weighted by Gasteiger charge is 2.39. The van der Waals surface area contributed by atoms with Crippen molar-refractivity contribution in [3.8, 4) is 77.1 Å². The number of benzene rings is 6. The highest BCUT2D eigenvalue weighted by Crippen LogP contribution is 2.53. The van der Waals surface area contributed by atoms with Gasteiger partial charge in [-0.25, -0.2) is 23.9 Å². The first kappa shape index (κ1) is 57.0. The third-order valence-electron chi connectivity index (χ3n) is 14.9. The van der Waals surface area contributed by atoms with Gasteiger partial charge in [0.15, 0.2) is 23.8 Å². The highest BCUT2D eigenvalue weighted by atomic mass is 35.5. The summed E-state index contributed by atoms with van der Waals surface area (Å²) in [6.45, 7) is 16.5. The van der Waals surface area contributed by atoms with E-state index < -0.39 is 47.3 Å². The number of halogens is 2. The minimum atomic E-state index is -1.45. The summed E-state index contributed by atoms with van der Waals surface area (Å²) in [5, 5.41) is 28.5. The van der Waals surface area contributed by atoms with Crippen LogP contribution < -0.4 is 9.47 Å². The predicted molar refractivity (Wildman–Crippen MR) is 326 cm³/mol. The van der Waals surface area contributed by atoms with E-state index in [0.717, 1.165) is 33.4 Å². The number of carboxylic acids is 2. The van der Waals surface area contributed by atoms with Gasteiger partial charge in [0.25, 0.3) is 0 Å². The molecular formula is C66H61ClFN5O8S2. The van der Waals surface area contributed by atoms with E-state index in [4.69, 9.17) is 40.5 Å².